The monoisotopic (exact) mass is 595 g/mol. The lowest BCUT2D eigenvalue weighted by molar-refractivity contribution is -0.141. The van der Waals surface area contributed by atoms with Crippen molar-refractivity contribution in [1.82, 2.24) is 10.2 Å². The number of carbonyl (C=O) groups excluding carboxylic acids is 2. The van der Waals surface area contributed by atoms with Crippen LogP contribution in [0.3, 0.4) is 0 Å². The molecule has 1 N–H and O–H groups in total. The summed E-state index contributed by atoms with van der Waals surface area (Å²) in [6.45, 7) is 4.01. The van der Waals surface area contributed by atoms with Gasteiger partial charge in [0.2, 0.25) is 21.8 Å². The maximum absolute atomic E-state index is 13.7. The van der Waals surface area contributed by atoms with E-state index in [-0.39, 0.29) is 43.8 Å². The van der Waals surface area contributed by atoms with Crippen LogP contribution >= 0.6 is 23.2 Å². The molecule has 7 nitrogen and oxygen atoms in total. The van der Waals surface area contributed by atoms with Crippen molar-refractivity contribution in [1.29, 1.82) is 0 Å². The van der Waals surface area contributed by atoms with E-state index in [1.807, 2.05) is 32.0 Å². The first-order chi connectivity index (χ1) is 18.5. The molecule has 2 aromatic rings. The van der Waals surface area contributed by atoms with Gasteiger partial charge in [-0.1, -0.05) is 73.7 Å². The molecule has 0 unspecified atom stereocenters. The van der Waals surface area contributed by atoms with Gasteiger partial charge in [0.25, 0.3) is 0 Å². The Morgan fingerprint density at radius 1 is 1.08 bits per heavy atom. The van der Waals surface area contributed by atoms with Gasteiger partial charge in [0.15, 0.2) is 0 Å². The highest BCUT2D eigenvalue weighted by atomic mass is 35.5. The highest BCUT2D eigenvalue weighted by molar-refractivity contribution is 7.92. The summed E-state index contributed by atoms with van der Waals surface area (Å²) < 4.78 is 26.6. The van der Waals surface area contributed by atoms with Gasteiger partial charge in [0.05, 0.1) is 11.9 Å². The summed E-state index contributed by atoms with van der Waals surface area (Å²) in [5, 5.41) is 4.12. The van der Waals surface area contributed by atoms with Crippen molar-refractivity contribution in [3.8, 4) is 0 Å². The van der Waals surface area contributed by atoms with E-state index in [1.165, 1.54) is 10.7 Å². The first-order valence-electron chi connectivity index (χ1n) is 13.6. The Morgan fingerprint density at radius 3 is 2.41 bits per heavy atom. The van der Waals surface area contributed by atoms with Crippen LogP contribution in [-0.4, -0.2) is 50.0 Å². The lowest BCUT2D eigenvalue weighted by atomic mass is 9.95. The fourth-order valence-electron chi connectivity index (χ4n) is 5.11. The third-order valence-corrected chi connectivity index (χ3v) is 9.01. The van der Waals surface area contributed by atoms with Gasteiger partial charge in [-0.3, -0.25) is 13.9 Å². The number of benzene rings is 2. The molecule has 2 aromatic carbocycles. The fourth-order valence-corrected chi connectivity index (χ4v) is 6.48. The molecule has 0 aliphatic heterocycles. The number of halogens is 2. The van der Waals surface area contributed by atoms with Crippen molar-refractivity contribution in [2.24, 2.45) is 0 Å². The number of anilines is 1. The maximum Gasteiger partial charge on any atom is 0.243 e. The normalized spacial score (nSPS) is 15.0. The number of carbonyl (C=O) groups is 2. The molecule has 0 radical (unpaired) electrons. The van der Waals surface area contributed by atoms with E-state index >= 15 is 0 Å². The zero-order valence-electron chi connectivity index (χ0n) is 23.0. The number of nitrogens with zero attached hydrogens (tertiary/aromatic N) is 2. The van der Waals surface area contributed by atoms with Gasteiger partial charge in [-0.05, 0) is 61.9 Å². The Morgan fingerprint density at radius 2 is 1.77 bits per heavy atom. The van der Waals surface area contributed by atoms with Crippen LogP contribution in [0.2, 0.25) is 10.0 Å². The molecular formula is C29H39Cl2N3O4S. The van der Waals surface area contributed by atoms with Gasteiger partial charge >= 0.3 is 0 Å². The molecule has 0 spiro atoms. The SMILES string of the molecule is CC[C@H](C(=O)NC1CCCCC1)N(Cc1ccccc1Cl)C(=O)CCCN(c1cc(Cl)ccc1C)S(C)(=O)=O. The zero-order chi connectivity index (χ0) is 28.6. The van der Waals surface area contributed by atoms with Crippen LogP contribution in [0.1, 0.15) is 69.4 Å². The minimum atomic E-state index is -3.61. The third-order valence-electron chi connectivity index (χ3n) is 7.23. The average molecular weight is 597 g/mol. The Bertz CT molecular complexity index is 1250. The number of sulfonamides is 1. The first kappa shape index (κ1) is 31.2. The summed E-state index contributed by atoms with van der Waals surface area (Å²) in [6, 6.07) is 11.9. The standard InChI is InChI=1S/C29H39Cl2N3O4S/c1-4-26(29(36)32-24-12-6-5-7-13-24)33(20-22-11-8-9-14-25(22)31)28(35)15-10-18-34(39(3,37)38)27-19-23(30)17-16-21(27)2/h8-9,11,14,16-17,19,24,26H,4-7,10,12-13,15,18,20H2,1-3H3,(H,32,36)/t26-/m1/s1. The molecule has 0 saturated heterocycles. The molecule has 1 atom stereocenters. The van der Waals surface area contributed by atoms with E-state index in [4.69, 9.17) is 23.2 Å². The third kappa shape index (κ3) is 8.85. The van der Waals surface area contributed by atoms with Crippen LogP contribution in [0.5, 0.6) is 0 Å². The van der Waals surface area contributed by atoms with Crippen LogP contribution in [0.15, 0.2) is 42.5 Å². The van der Waals surface area contributed by atoms with Crippen molar-refractivity contribution >= 4 is 50.7 Å². The molecule has 3 rings (SSSR count). The Kier molecular flexibility index (Phi) is 11.5. The van der Waals surface area contributed by atoms with E-state index in [0.29, 0.717) is 22.2 Å². The number of rotatable bonds is 12. The molecule has 0 bridgehead atoms. The van der Waals surface area contributed by atoms with Crippen molar-refractivity contribution in [2.45, 2.75) is 83.8 Å². The number of amides is 2. The van der Waals surface area contributed by atoms with Crippen LogP contribution in [0, 0.1) is 6.92 Å². The summed E-state index contributed by atoms with van der Waals surface area (Å²) in [5.74, 6) is -0.381. The van der Waals surface area contributed by atoms with Crippen molar-refractivity contribution in [2.75, 3.05) is 17.1 Å². The van der Waals surface area contributed by atoms with Crippen LogP contribution in [0.25, 0.3) is 0 Å². The molecular weight excluding hydrogens is 557 g/mol. The van der Waals surface area contributed by atoms with Crippen molar-refractivity contribution < 1.29 is 18.0 Å². The van der Waals surface area contributed by atoms with E-state index in [9.17, 15) is 18.0 Å². The lowest BCUT2D eigenvalue weighted by Crippen LogP contribution is -2.51. The quantitative estimate of drug-likeness (QED) is 0.321. The summed E-state index contributed by atoms with van der Waals surface area (Å²) >= 11 is 12.6. The molecule has 39 heavy (non-hydrogen) atoms. The van der Waals surface area contributed by atoms with E-state index < -0.39 is 16.1 Å². The van der Waals surface area contributed by atoms with E-state index in [0.717, 1.165) is 43.1 Å². The fraction of sp³-hybridized carbons (Fsp3) is 0.517. The second kappa shape index (κ2) is 14.4. The van der Waals surface area contributed by atoms with Gasteiger partial charge in [0.1, 0.15) is 6.04 Å². The second-order valence-electron chi connectivity index (χ2n) is 10.3. The molecule has 0 aromatic heterocycles. The molecule has 10 heteroatoms. The zero-order valence-corrected chi connectivity index (χ0v) is 25.3. The van der Waals surface area contributed by atoms with Crippen LogP contribution < -0.4 is 9.62 Å². The molecule has 2 amide bonds. The topological polar surface area (TPSA) is 86.8 Å². The van der Waals surface area contributed by atoms with Gasteiger partial charge < -0.3 is 10.2 Å². The lowest BCUT2D eigenvalue weighted by Gasteiger charge is -2.33. The van der Waals surface area contributed by atoms with Gasteiger partial charge in [-0.2, -0.15) is 0 Å². The largest absolute Gasteiger partial charge is 0.352 e. The van der Waals surface area contributed by atoms with Crippen LogP contribution in [-0.2, 0) is 26.2 Å². The van der Waals surface area contributed by atoms with Crippen molar-refractivity contribution in [3.63, 3.8) is 0 Å². The van der Waals surface area contributed by atoms with Gasteiger partial charge in [-0.15, -0.1) is 0 Å². The van der Waals surface area contributed by atoms with Crippen LogP contribution in [0.4, 0.5) is 5.69 Å². The minimum absolute atomic E-state index is 0.0727. The number of hydrogen-bond donors (Lipinski definition) is 1. The number of aryl methyl sites for hydroxylation is 1. The first-order valence-corrected chi connectivity index (χ1v) is 16.2. The van der Waals surface area contributed by atoms with E-state index in [2.05, 4.69) is 5.32 Å². The predicted octanol–water partition coefficient (Wildman–Crippen LogP) is 6.10. The minimum Gasteiger partial charge on any atom is -0.352 e. The smallest absolute Gasteiger partial charge is 0.243 e. The highest BCUT2D eigenvalue weighted by Crippen LogP contribution is 2.27. The Labute approximate surface area is 242 Å². The average Bonchev–Trinajstić information content (AvgIpc) is 2.89. The maximum atomic E-state index is 13.7. The summed E-state index contributed by atoms with van der Waals surface area (Å²) in [5.41, 5.74) is 2.01. The van der Waals surface area contributed by atoms with Gasteiger partial charge in [-0.25, -0.2) is 8.42 Å². The number of hydrogen-bond acceptors (Lipinski definition) is 4. The Balaban J connectivity index is 1.79. The molecule has 214 valence electrons. The molecule has 1 aliphatic carbocycles. The van der Waals surface area contributed by atoms with E-state index in [1.54, 1.807) is 29.2 Å². The Hall–Kier alpha value is -2.29. The summed E-state index contributed by atoms with van der Waals surface area (Å²) in [6.07, 6.45) is 7.20. The summed E-state index contributed by atoms with van der Waals surface area (Å²) in [4.78, 5) is 28.6. The second-order valence-corrected chi connectivity index (χ2v) is 13.0. The number of nitrogens with one attached hydrogen (secondary N) is 1. The molecule has 0 heterocycles. The molecule has 1 saturated carbocycles. The van der Waals surface area contributed by atoms with Crippen molar-refractivity contribution in [3.05, 3.63) is 63.6 Å². The highest BCUT2D eigenvalue weighted by Gasteiger charge is 2.31. The molecule has 1 aliphatic rings. The predicted molar refractivity (Wildman–Crippen MR) is 159 cm³/mol. The molecule has 1 fully saturated rings. The van der Waals surface area contributed by atoms with Gasteiger partial charge in [0, 0.05) is 35.6 Å². The summed E-state index contributed by atoms with van der Waals surface area (Å²) in [7, 11) is -3.61.